The van der Waals surface area contributed by atoms with Crippen LogP contribution in [0.1, 0.15) is 23.2 Å². The number of fused-ring (bicyclic) bond motifs is 1. The smallest absolute Gasteiger partial charge is 0.256 e. The molecule has 1 aliphatic rings. The van der Waals surface area contributed by atoms with Crippen LogP contribution in [0.2, 0.25) is 0 Å². The number of amides is 1. The average Bonchev–Trinajstić information content (AvgIpc) is 2.67. The van der Waals surface area contributed by atoms with Crippen LogP contribution in [0.4, 0.5) is 0 Å². The number of nitrogens with one attached hydrogen (secondary N) is 2. The van der Waals surface area contributed by atoms with E-state index in [1.54, 1.807) is 25.3 Å². The fourth-order valence-corrected chi connectivity index (χ4v) is 3.37. The summed E-state index contributed by atoms with van der Waals surface area (Å²) in [5.41, 5.74) is 0.315. The van der Waals surface area contributed by atoms with Crippen LogP contribution >= 0.6 is 0 Å². The quantitative estimate of drug-likeness (QED) is 0.843. The molecular weight excluding hydrogens is 334 g/mol. The maximum atomic E-state index is 12.7. The predicted molar refractivity (Wildman–Crippen MR) is 99.9 cm³/mol. The van der Waals surface area contributed by atoms with E-state index in [-0.39, 0.29) is 22.4 Å². The number of likely N-dealkylation sites (N-methyl/N-ethyl adjacent to an activating group) is 1. The van der Waals surface area contributed by atoms with Crippen molar-refractivity contribution in [3.05, 3.63) is 40.2 Å². The van der Waals surface area contributed by atoms with Crippen molar-refractivity contribution in [3.63, 3.8) is 0 Å². The van der Waals surface area contributed by atoms with Gasteiger partial charge in [-0.1, -0.05) is 0 Å². The number of benzene rings is 1. The molecule has 1 saturated heterocycles. The molecule has 7 heteroatoms. The number of ether oxygens (including phenoxy) is 2. The van der Waals surface area contributed by atoms with Gasteiger partial charge in [-0.15, -0.1) is 0 Å². The van der Waals surface area contributed by atoms with Crippen LogP contribution in [-0.4, -0.2) is 62.3 Å². The molecular formula is C19H25N3O4. The van der Waals surface area contributed by atoms with E-state index >= 15 is 0 Å². The van der Waals surface area contributed by atoms with Crippen molar-refractivity contribution in [1.82, 2.24) is 15.2 Å². The Balaban J connectivity index is 1.83. The lowest BCUT2D eigenvalue weighted by molar-refractivity contribution is -0.00658. The summed E-state index contributed by atoms with van der Waals surface area (Å²) in [5.74, 6) is 0.206. The van der Waals surface area contributed by atoms with Gasteiger partial charge in [-0.05, 0) is 45.1 Å². The maximum Gasteiger partial charge on any atom is 0.256 e. The maximum absolute atomic E-state index is 12.7. The number of pyridine rings is 1. The molecule has 0 spiro atoms. The van der Waals surface area contributed by atoms with Gasteiger partial charge >= 0.3 is 0 Å². The summed E-state index contributed by atoms with van der Waals surface area (Å²) in [6, 6.07) is 5.18. The molecule has 2 N–H and O–H groups in total. The Hall–Kier alpha value is -2.38. The normalized spacial score (nSPS) is 16.6. The largest absolute Gasteiger partial charge is 0.497 e. The number of H-pyrrole nitrogens is 1. The van der Waals surface area contributed by atoms with Crippen molar-refractivity contribution >= 4 is 16.8 Å². The number of nitrogens with zero attached hydrogens (tertiary/aromatic N) is 1. The number of hydrogen-bond acceptors (Lipinski definition) is 5. The number of rotatable bonds is 5. The summed E-state index contributed by atoms with van der Waals surface area (Å²) >= 11 is 0. The Labute approximate surface area is 152 Å². The minimum Gasteiger partial charge on any atom is -0.497 e. The molecule has 7 nitrogen and oxygen atoms in total. The third kappa shape index (κ3) is 3.45. The van der Waals surface area contributed by atoms with Crippen molar-refractivity contribution in [3.8, 4) is 5.75 Å². The molecule has 0 saturated carbocycles. The number of carbonyl (C=O) groups excluding carboxylic acids is 1. The molecule has 26 heavy (non-hydrogen) atoms. The zero-order valence-corrected chi connectivity index (χ0v) is 15.4. The van der Waals surface area contributed by atoms with E-state index in [2.05, 4.69) is 15.2 Å². The first-order valence-corrected chi connectivity index (χ1v) is 8.70. The van der Waals surface area contributed by atoms with Crippen molar-refractivity contribution in [2.24, 2.45) is 0 Å². The number of aromatic amines is 1. The van der Waals surface area contributed by atoms with Gasteiger partial charge in [-0.25, -0.2) is 0 Å². The molecule has 0 bridgehead atoms. The number of hydrogen-bond donors (Lipinski definition) is 2. The van der Waals surface area contributed by atoms with Gasteiger partial charge in [0.25, 0.3) is 5.91 Å². The van der Waals surface area contributed by atoms with Crippen LogP contribution in [0, 0.1) is 0 Å². The molecule has 3 rings (SSSR count). The van der Waals surface area contributed by atoms with Gasteiger partial charge in [0.2, 0.25) is 5.43 Å². The van der Waals surface area contributed by atoms with E-state index in [1.807, 2.05) is 14.1 Å². The molecule has 0 atom stereocenters. The summed E-state index contributed by atoms with van der Waals surface area (Å²) in [7, 11) is 5.56. The van der Waals surface area contributed by atoms with E-state index < -0.39 is 0 Å². The van der Waals surface area contributed by atoms with Gasteiger partial charge in [-0.3, -0.25) is 9.59 Å². The van der Waals surface area contributed by atoms with Gasteiger partial charge < -0.3 is 24.7 Å². The van der Waals surface area contributed by atoms with Crippen molar-refractivity contribution < 1.29 is 14.3 Å². The molecule has 2 aromatic rings. The number of carbonyl (C=O) groups is 1. The van der Waals surface area contributed by atoms with Gasteiger partial charge in [-0.2, -0.15) is 0 Å². The molecule has 0 radical (unpaired) electrons. The van der Waals surface area contributed by atoms with Crippen LogP contribution in [-0.2, 0) is 4.74 Å². The lowest BCUT2D eigenvalue weighted by atomic mass is 9.88. The summed E-state index contributed by atoms with van der Waals surface area (Å²) in [6.07, 6.45) is 3.15. The molecule has 1 amide bonds. The molecule has 1 fully saturated rings. The standard InChI is InChI=1S/C19H25N3O4/c1-22(2)19(6-8-26-9-7-19)12-21-18(24)15-11-20-16-5-4-13(25-3)10-14(16)17(15)23/h4-5,10-11H,6-9,12H2,1-3H3,(H,20,23)(H,21,24). The second kappa shape index (κ2) is 7.47. The summed E-state index contributed by atoms with van der Waals surface area (Å²) in [6.45, 7) is 1.81. The average molecular weight is 359 g/mol. The number of methoxy groups -OCH3 is 1. The highest BCUT2D eigenvalue weighted by Crippen LogP contribution is 2.25. The Kier molecular flexibility index (Phi) is 5.29. The third-order valence-corrected chi connectivity index (χ3v) is 5.28. The highest BCUT2D eigenvalue weighted by Gasteiger charge is 2.35. The predicted octanol–water partition coefficient (Wildman–Crippen LogP) is 1.38. The van der Waals surface area contributed by atoms with Gasteiger partial charge in [0.15, 0.2) is 0 Å². The second-order valence-corrected chi connectivity index (χ2v) is 6.86. The first-order chi connectivity index (χ1) is 12.5. The van der Waals surface area contributed by atoms with Crippen molar-refractivity contribution in [2.45, 2.75) is 18.4 Å². The SMILES string of the molecule is COc1ccc2[nH]cc(C(=O)NCC3(N(C)C)CCOCC3)c(=O)c2c1. The summed E-state index contributed by atoms with van der Waals surface area (Å²) in [4.78, 5) is 30.5. The fraction of sp³-hybridized carbons (Fsp3) is 0.474. The summed E-state index contributed by atoms with van der Waals surface area (Å²) < 4.78 is 10.6. The van der Waals surface area contributed by atoms with E-state index in [0.29, 0.717) is 36.4 Å². The lowest BCUT2D eigenvalue weighted by Crippen LogP contribution is -2.55. The molecule has 140 valence electrons. The molecule has 0 unspecified atom stereocenters. The summed E-state index contributed by atoms with van der Waals surface area (Å²) in [5, 5.41) is 3.37. The minimum atomic E-state index is -0.372. The van der Waals surface area contributed by atoms with Gasteiger partial charge in [0.05, 0.1) is 7.11 Å². The van der Waals surface area contributed by atoms with Crippen LogP contribution in [0.25, 0.3) is 10.9 Å². The molecule has 2 heterocycles. The Morgan fingerprint density at radius 3 is 2.73 bits per heavy atom. The van der Waals surface area contributed by atoms with Crippen LogP contribution in [0.3, 0.4) is 0 Å². The highest BCUT2D eigenvalue weighted by atomic mass is 16.5. The Bertz CT molecular complexity index is 853. The first-order valence-electron chi connectivity index (χ1n) is 8.70. The van der Waals surface area contributed by atoms with Gasteiger partial charge in [0, 0.05) is 42.4 Å². The molecule has 1 aliphatic heterocycles. The Morgan fingerprint density at radius 2 is 2.08 bits per heavy atom. The van der Waals surface area contributed by atoms with E-state index in [9.17, 15) is 9.59 Å². The van der Waals surface area contributed by atoms with E-state index in [0.717, 1.165) is 12.8 Å². The molecule has 1 aromatic carbocycles. The van der Waals surface area contributed by atoms with Crippen LogP contribution in [0.5, 0.6) is 5.75 Å². The minimum absolute atomic E-state index is 0.103. The zero-order valence-electron chi connectivity index (χ0n) is 15.4. The van der Waals surface area contributed by atoms with E-state index in [4.69, 9.17) is 9.47 Å². The monoisotopic (exact) mass is 359 g/mol. The highest BCUT2D eigenvalue weighted by molar-refractivity contribution is 5.97. The van der Waals surface area contributed by atoms with Crippen molar-refractivity contribution in [1.29, 1.82) is 0 Å². The van der Waals surface area contributed by atoms with Crippen molar-refractivity contribution in [2.75, 3.05) is 41.0 Å². The molecule has 0 aliphatic carbocycles. The van der Waals surface area contributed by atoms with Crippen LogP contribution in [0.15, 0.2) is 29.2 Å². The van der Waals surface area contributed by atoms with Gasteiger partial charge in [0.1, 0.15) is 11.3 Å². The van der Waals surface area contributed by atoms with E-state index in [1.165, 1.54) is 6.20 Å². The second-order valence-electron chi connectivity index (χ2n) is 6.86. The Morgan fingerprint density at radius 1 is 1.35 bits per heavy atom. The van der Waals surface area contributed by atoms with Crippen LogP contribution < -0.4 is 15.5 Å². The number of aromatic nitrogens is 1. The molecule has 1 aromatic heterocycles. The fourth-order valence-electron chi connectivity index (χ4n) is 3.37. The topological polar surface area (TPSA) is 83.7 Å². The lowest BCUT2D eigenvalue weighted by Gasteiger charge is -2.42. The zero-order chi connectivity index (χ0) is 18.7. The third-order valence-electron chi connectivity index (χ3n) is 5.28. The first kappa shape index (κ1) is 18.4.